The molecule has 1 fully saturated rings. The summed E-state index contributed by atoms with van der Waals surface area (Å²) in [6, 6.07) is 12.2. The van der Waals surface area contributed by atoms with Crippen LogP contribution in [0.5, 0.6) is 5.75 Å². The molecule has 4 aromatic rings. The van der Waals surface area contributed by atoms with Crippen LogP contribution in [0.4, 0.5) is 19.0 Å². The Labute approximate surface area is 232 Å². The van der Waals surface area contributed by atoms with Crippen molar-refractivity contribution in [3.63, 3.8) is 0 Å². The molecular formula is C25H24F3N7O5S. The average Bonchev–Trinajstić information content (AvgIpc) is 2.96. The minimum Gasteiger partial charge on any atom is -0.495 e. The Balaban J connectivity index is 0.000000493. The lowest BCUT2D eigenvalue weighted by Gasteiger charge is -2.28. The molecule has 16 heteroatoms. The van der Waals surface area contributed by atoms with Gasteiger partial charge in [0.25, 0.3) is 0 Å². The van der Waals surface area contributed by atoms with Gasteiger partial charge in [0.05, 0.1) is 24.0 Å². The number of fused-ring (bicyclic) bond motifs is 1. The fourth-order valence-corrected chi connectivity index (χ4v) is 4.80. The van der Waals surface area contributed by atoms with Gasteiger partial charge in [0.1, 0.15) is 22.5 Å². The molecule has 1 aromatic carbocycles. The molecule has 3 aromatic heterocycles. The topological polar surface area (TPSA) is 174 Å². The lowest BCUT2D eigenvalue weighted by Crippen LogP contribution is -2.44. The Bertz CT molecular complexity index is 1680. The summed E-state index contributed by atoms with van der Waals surface area (Å²) in [6.07, 6.45) is -1.85. The maximum atomic E-state index is 12.1. The number of anilines is 1. The number of carbonyl (C=O) groups is 1. The fraction of sp³-hybridized carbons (Fsp3) is 0.240. The number of carboxylic acids is 1. The van der Waals surface area contributed by atoms with Gasteiger partial charge < -0.3 is 20.1 Å². The molecule has 216 valence electrons. The number of hydrogen-bond donors (Lipinski definition) is 3. The van der Waals surface area contributed by atoms with Gasteiger partial charge in [-0.05, 0) is 35.9 Å². The maximum Gasteiger partial charge on any atom is 0.490 e. The van der Waals surface area contributed by atoms with E-state index in [0.29, 0.717) is 28.0 Å². The van der Waals surface area contributed by atoms with Crippen molar-refractivity contribution in [3.05, 3.63) is 55.0 Å². The number of rotatable bonds is 5. The number of methoxy groups -OCH3 is 1. The summed E-state index contributed by atoms with van der Waals surface area (Å²) in [5.41, 5.74) is 4.00. The number of benzene rings is 1. The molecule has 1 aliphatic rings. The normalized spacial score (nSPS) is 13.8. The van der Waals surface area contributed by atoms with Gasteiger partial charge in [-0.25, -0.2) is 33.3 Å². The predicted molar refractivity (Wildman–Crippen MR) is 143 cm³/mol. The van der Waals surface area contributed by atoms with E-state index < -0.39 is 22.2 Å². The summed E-state index contributed by atoms with van der Waals surface area (Å²) < 4.78 is 61.2. The third-order valence-electron chi connectivity index (χ3n) is 5.95. The van der Waals surface area contributed by atoms with E-state index in [1.165, 1.54) is 13.2 Å². The number of piperazine rings is 1. The van der Waals surface area contributed by atoms with Gasteiger partial charge in [0.2, 0.25) is 10.0 Å². The van der Waals surface area contributed by atoms with Crippen LogP contribution in [0, 0.1) is 0 Å². The monoisotopic (exact) mass is 591 g/mol. The largest absolute Gasteiger partial charge is 0.495 e. The molecule has 41 heavy (non-hydrogen) atoms. The predicted octanol–water partition coefficient (Wildman–Crippen LogP) is 2.45. The molecule has 0 unspecified atom stereocenters. The molecule has 0 aliphatic carbocycles. The Hall–Kier alpha value is -4.41. The molecule has 5 rings (SSSR count). The maximum absolute atomic E-state index is 12.1. The number of aromatic nitrogens is 4. The lowest BCUT2D eigenvalue weighted by atomic mass is 10.0. The number of nitrogens with zero attached hydrogens (tertiary/aromatic N) is 5. The Morgan fingerprint density at radius 2 is 1.80 bits per heavy atom. The standard InChI is InChI=1S/C23H23N7O3S.C2HF3O2/c1-33-19-7-4-15(13-20(19)34(24,31)32)16-3-2-8-26-21(16)18-6-5-17-22(29-18)23(28-14-27-17)30-11-9-25-10-12-30;3-2(4,5)1(6)7/h2-8,13-14,25H,9-12H2,1H3,(H2,24,31,32);(H,6,7). The molecule has 1 aliphatic heterocycles. The number of sulfonamides is 1. The van der Waals surface area contributed by atoms with Crippen LogP contribution >= 0.6 is 0 Å². The van der Waals surface area contributed by atoms with E-state index in [0.717, 1.165) is 37.5 Å². The van der Waals surface area contributed by atoms with Crippen LogP contribution in [0.15, 0.2) is 59.9 Å². The summed E-state index contributed by atoms with van der Waals surface area (Å²) in [7, 11) is -2.59. The second-order valence-electron chi connectivity index (χ2n) is 8.61. The zero-order valence-corrected chi connectivity index (χ0v) is 22.3. The molecule has 0 amide bonds. The lowest BCUT2D eigenvalue weighted by molar-refractivity contribution is -0.192. The molecule has 0 atom stereocenters. The highest BCUT2D eigenvalue weighted by Gasteiger charge is 2.38. The molecular weight excluding hydrogens is 567 g/mol. The number of nitrogens with one attached hydrogen (secondary N) is 1. The van der Waals surface area contributed by atoms with Crippen molar-refractivity contribution in [1.82, 2.24) is 25.3 Å². The van der Waals surface area contributed by atoms with E-state index in [1.807, 2.05) is 18.2 Å². The molecule has 0 radical (unpaired) electrons. The van der Waals surface area contributed by atoms with Gasteiger partial charge >= 0.3 is 12.1 Å². The van der Waals surface area contributed by atoms with Crippen LogP contribution < -0.4 is 20.1 Å². The number of halogens is 3. The number of primary sulfonamides is 1. The van der Waals surface area contributed by atoms with E-state index in [2.05, 4.69) is 25.2 Å². The number of carboxylic acid groups (broad SMARTS) is 1. The highest BCUT2D eigenvalue weighted by molar-refractivity contribution is 7.89. The molecule has 4 heterocycles. The van der Waals surface area contributed by atoms with Crippen molar-refractivity contribution in [2.24, 2.45) is 5.14 Å². The number of pyridine rings is 2. The third-order valence-corrected chi connectivity index (χ3v) is 6.89. The van der Waals surface area contributed by atoms with Gasteiger partial charge in [-0.1, -0.05) is 12.1 Å². The second kappa shape index (κ2) is 12.0. The van der Waals surface area contributed by atoms with Crippen LogP contribution in [0.3, 0.4) is 0 Å². The van der Waals surface area contributed by atoms with Crippen LogP contribution in [0.2, 0.25) is 0 Å². The first-order valence-corrected chi connectivity index (χ1v) is 13.5. The van der Waals surface area contributed by atoms with Crippen molar-refractivity contribution in [2.75, 3.05) is 38.2 Å². The van der Waals surface area contributed by atoms with E-state index in [1.54, 1.807) is 30.7 Å². The summed E-state index contributed by atoms with van der Waals surface area (Å²) in [6.45, 7) is 3.41. The minimum absolute atomic E-state index is 0.0943. The summed E-state index contributed by atoms with van der Waals surface area (Å²) in [5.74, 6) is -1.79. The van der Waals surface area contributed by atoms with E-state index in [4.69, 9.17) is 24.8 Å². The molecule has 0 bridgehead atoms. The number of alkyl halides is 3. The van der Waals surface area contributed by atoms with Crippen LogP contribution in [0.1, 0.15) is 0 Å². The highest BCUT2D eigenvalue weighted by Crippen LogP contribution is 2.34. The molecule has 1 saturated heterocycles. The SMILES string of the molecule is COc1ccc(-c2cccnc2-c2ccc3ncnc(N4CCNCC4)c3n2)cc1S(N)(=O)=O.O=C(O)C(F)(F)F. The van der Waals surface area contributed by atoms with Gasteiger partial charge in [-0.3, -0.25) is 4.98 Å². The summed E-state index contributed by atoms with van der Waals surface area (Å²) >= 11 is 0. The van der Waals surface area contributed by atoms with Crippen molar-refractivity contribution in [1.29, 1.82) is 0 Å². The zero-order chi connectivity index (χ0) is 29.8. The van der Waals surface area contributed by atoms with Crippen molar-refractivity contribution in [3.8, 4) is 28.3 Å². The average molecular weight is 592 g/mol. The summed E-state index contributed by atoms with van der Waals surface area (Å²) in [4.78, 5) is 29.4. The first-order valence-electron chi connectivity index (χ1n) is 11.9. The first-order chi connectivity index (χ1) is 19.4. The van der Waals surface area contributed by atoms with Crippen molar-refractivity contribution < 1.29 is 36.2 Å². The zero-order valence-electron chi connectivity index (χ0n) is 21.5. The third kappa shape index (κ3) is 6.85. The number of hydrogen-bond acceptors (Lipinski definition) is 10. The second-order valence-corrected chi connectivity index (χ2v) is 10.1. The van der Waals surface area contributed by atoms with Crippen LogP contribution in [-0.2, 0) is 14.8 Å². The number of nitrogens with two attached hydrogens (primary N) is 1. The Morgan fingerprint density at radius 3 is 2.44 bits per heavy atom. The number of aliphatic carboxylic acids is 1. The van der Waals surface area contributed by atoms with Gasteiger partial charge in [-0.2, -0.15) is 13.2 Å². The highest BCUT2D eigenvalue weighted by atomic mass is 32.2. The Kier molecular flexibility index (Phi) is 8.65. The van der Waals surface area contributed by atoms with Crippen molar-refractivity contribution in [2.45, 2.75) is 11.1 Å². The Morgan fingerprint density at radius 1 is 1.10 bits per heavy atom. The molecule has 4 N–H and O–H groups in total. The minimum atomic E-state index is -5.08. The fourth-order valence-electron chi connectivity index (χ4n) is 4.08. The van der Waals surface area contributed by atoms with Gasteiger partial charge in [0, 0.05) is 37.9 Å². The first kappa shape index (κ1) is 29.6. The van der Waals surface area contributed by atoms with Gasteiger partial charge in [0.15, 0.2) is 5.82 Å². The molecule has 0 spiro atoms. The quantitative estimate of drug-likeness (QED) is 0.311. The van der Waals surface area contributed by atoms with Crippen LogP contribution in [-0.4, -0.2) is 78.9 Å². The van der Waals surface area contributed by atoms with E-state index >= 15 is 0 Å². The number of ether oxygens (including phenoxy) is 1. The molecule has 12 nitrogen and oxygen atoms in total. The van der Waals surface area contributed by atoms with Crippen molar-refractivity contribution >= 4 is 32.8 Å². The van der Waals surface area contributed by atoms with Crippen LogP contribution in [0.25, 0.3) is 33.5 Å². The van der Waals surface area contributed by atoms with E-state index in [-0.39, 0.29) is 10.6 Å². The van der Waals surface area contributed by atoms with E-state index in [9.17, 15) is 21.6 Å². The summed E-state index contributed by atoms with van der Waals surface area (Å²) in [5, 5.41) is 15.9. The van der Waals surface area contributed by atoms with Gasteiger partial charge in [-0.15, -0.1) is 0 Å². The molecule has 0 saturated carbocycles. The smallest absolute Gasteiger partial charge is 0.490 e.